The highest BCUT2D eigenvalue weighted by molar-refractivity contribution is 7.99. The SMILES string of the molecule is CN(C(=O)Nc1cc(F)c(F)cc1C(=O)O)C1CCSC1. The van der Waals surface area contributed by atoms with Gasteiger partial charge in [-0.1, -0.05) is 0 Å². The van der Waals surface area contributed by atoms with E-state index in [-0.39, 0.29) is 11.7 Å². The molecule has 0 spiro atoms. The van der Waals surface area contributed by atoms with Crippen molar-refractivity contribution < 1.29 is 23.5 Å². The average Bonchev–Trinajstić information content (AvgIpc) is 2.95. The molecule has 21 heavy (non-hydrogen) atoms. The zero-order valence-electron chi connectivity index (χ0n) is 11.2. The lowest BCUT2D eigenvalue weighted by atomic mass is 10.1. The van der Waals surface area contributed by atoms with Gasteiger partial charge in [-0.2, -0.15) is 11.8 Å². The van der Waals surface area contributed by atoms with E-state index >= 15 is 0 Å². The highest BCUT2D eigenvalue weighted by Crippen LogP contribution is 2.24. The fraction of sp³-hybridized carbons (Fsp3) is 0.385. The molecule has 1 fully saturated rings. The third-order valence-electron chi connectivity index (χ3n) is 3.31. The Labute approximate surface area is 124 Å². The van der Waals surface area contributed by atoms with Crippen molar-refractivity contribution in [2.75, 3.05) is 23.9 Å². The highest BCUT2D eigenvalue weighted by Gasteiger charge is 2.25. The van der Waals surface area contributed by atoms with Gasteiger partial charge < -0.3 is 15.3 Å². The maximum absolute atomic E-state index is 13.2. The first-order chi connectivity index (χ1) is 9.90. The lowest BCUT2D eigenvalue weighted by Gasteiger charge is -2.24. The lowest BCUT2D eigenvalue weighted by molar-refractivity contribution is 0.0697. The number of halogens is 2. The number of anilines is 1. The van der Waals surface area contributed by atoms with E-state index in [0.717, 1.165) is 17.9 Å². The maximum Gasteiger partial charge on any atom is 0.337 e. The van der Waals surface area contributed by atoms with Crippen LogP contribution in [0.4, 0.5) is 19.3 Å². The molecule has 1 heterocycles. The third-order valence-corrected chi connectivity index (χ3v) is 4.45. The highest BCUT2D eigenvalue weighted by atomic mass is 32.2. The molecule has 1 unspecified atom stereocenters. The second-order valence-electron chi connectivity index (χ2n) is 4.68. The van der Waals surface area contributed by atoms with Crippen LogP contribution in [0, 0.1) is 11.6 Å². The summed E-state index contributed by atoms with van der Waals surface area (Å²) >= 11 is 1.72. The van der Waals surface area contributed by atoms with Gasteiger partial charge in [-0.05, 0) is 18.2 Å². The molecule has 2 N–H and O–H groups in total. The van der Waals surface area contributed by atoms with Gasteiger partial charge in [0.2, 0.25) is 0 Å². The van der Waals surface area contributed by atoms with Crippen LogP contribution in [0.15, 0.2) is 12.1 Å². The molecule has 5 nitrogen and oxygen atoms in total. The molecule has 1 aliphatic rings. The van der Waals surface area contributed by atoms with Gasteiger partial charge in [-0.3, -0.25) is 0 Å². The van der Waals surface area contributed by atoms with Crippen LogP contribution in [0.1, 0.15) is 16.8 Å². The summed E-state index contributed by atoms with van der Waals surface area (Å²) in [6.07, 6.45) is 0.845. The summed E-state index contributed by atoms with van der Waals surface area (Å²) in [5, 5.41) is 11.3. The molecule has 1 atom stereocenters. The largest absolute Gasteiger partial charge is 0.478 e. The van der Waals surface area contributed by atoms with Crippen LogP contribution in [0.3, 0.4) is 0 Å². The van der Waals surface area contributed by atoms with E-state index in [2.05, 4.69) is 5.32 Å². The Balaban J connectivity index is 2.20. The quantitative estimate of drug-likeness (QED) is 0.899. The Morgan fingerprint density at radius 3 is 2.62 bits per heavy atom. The molecule has 0 aliphatic carbocycles. The number of amides is 2. The summed E-state index contributed by atoms with van der Waals surface area (Å²) < 4.78 is 26.3. The lowest BCUT2D eigenvalue weighted by Crippen LogP contribution is -2.40. The van der Waals surface area contributed by atoms with Crippen LogP contribution >= 0.6 is 11.8 Å². The number of hydrogen-bond donors (Lipinski definition) is 2. The Morgan fingerprint density at radius 2 is 2.05 bits per heavy atom. The van der Waals surface area contributed by atoms with Crippen LogP contribution in [-0.2, 0) is 0 Å². The summed E-state index contributed by atoms with van der Waals surface area (Å²) in [5.74, 6) is -2.18. The maximum atomic E-state index is 13.2. The second-order valence-corrected chi connectivity index (χ2v) is 5.83. The smallest absolute Gasteiger partial charge is 0.337 e. The van der Waals surface area contributed by atoms with Gasteiger partial charge in [0, 0.05) is 24.9 Å². The van der Waals surface area contributed by atoms with E-state index in [4.69, 9.17) is 5.11 Å². The predicted molar refractivity (Wildman–Crippen MR) is 75.8 cm³/mol. The van der Waals surface area contributed by atoms with E-state index in [0.29, 0.717) is 12.1 Å². The minimum Gasteiger partial charge on any atom is -0.478 e. The molecule has 1 aromatic rings. The third kappa shape index (κ3) is 3.44. The van der Waals surface area contributed by atoms with E-state index in [1.165, 1.54) is 4.90 Å². The number of urea groups is 1. The molecule has 114 valence electrons. The number of thioether (sulfide) groups is 1. The minimum absolute atomic E-state index is 0.0496. The van der Waals surface area contributed by atoms with Crippen LogP contribution in [0.5, 0.6) is 0 Å². The number of carboxylic acid groups (broad SMARTS) is 1. The Bertz CT molecular complexity index is 577. The number of aromatic carboxylic acids is 1. The van der Waals surface area contributed by atoms with Crippen molar-refractivity contribution in [1.29, 1.82) is 0 Å². The summed E-state index contributed by atoms with van der Waals surface area (Å²) in [4.78, 5) is 24.6. The van der Waals surface area contributed by atoms with E-state index in [1.807, 2.05) is 0 Å². The van der Waals surface area contributed by atoms with Gasteiger partial charge in [0.05, 0.1) is 11.3 Å². The molecule has 0 saturated carbocycles. The first-order valence-corrected chi connectivity index (χ1v) is 7.39. The average molecular weight is 316 g/mol. The van der Waals surface area contributed by atoms with Gasteiger partial charge in [0.25, 0.3) is 0 Å². The second kappa shape index (κ2) is 6.30. The number of hydrogen-bond acceptors (Lipinski definition) is 3. The van der Waals surface area contributed by atoms with E-state index in [9.17, 15) is 18.4 Å². The number of nitrogens with zero attached hydrogens (tertiary/aromatic N) is 1. The molecule has 0 bridgehead atoms. The summed E-state index contributed by atoms with van der Waals surface area (Å²) in [6, 6.07) is 0.733. The molecule has 1 saturated heterocycles. The van der Waals surface area contributed by atoms with Crippen LogP contribution < -0.4 is 5.32 Å². The van der Waals surface area contributed by atoms with Crippen LogP contribution in [-0.4, -0.2) is 46.6 Å². The molecular formula is C13H14F2N2O3S. The van der Waals surface area contributed by atoms with Gasteiger partial charge in [0.15, 0.2) is 11.6 Å². The number of nitrogens with one attached hydrogen (secondary N) is 1. The molecule has 2 amide bonds. The molecule has 0 aromatic heterocycles. The van der Waals surface area contributed by atoms with Crippen LogP contribution in [0.2, 0.25) is 0 Å². The van der Waals surface area contributed by atoms with Crippen molar-refractivity contribution >= 4 is 29.4 Å². The van der Waals surface area contributed by atoms with Crippen molar-refractivity contribution in [3.05, 3.63) is 29.3 Å². The molecule has 2 rings (SSSR count). The van der Waals surface area contributed by atoms with Crippen molar-refractivity contribution in [3.63, 3.8) is 0 Å². The standard InChI is InChI=1S/C13H14F2N2O3S/c1-17(7-2-3-21-6-7)13(20)16-11-5-10(15)9(14)4-8(11)12(18)19/h4-5,7H,2-3,6H2,1H3,(H,16,20)(H,18,19). The number of rotatable bonds is 3. The fourth-order valence-corrected chi connectivity index (χ4v) is 3.29. The van der Waals surface area contributed by atoms with Crippen molar-refractivity contribution in [1.82, 2.24) is 4.90 Å². The zero-order valence-corrected chi connectivity index (χ0v) is 12.0. The summed E-state index contributed by atoms with van der Waals surface area (Å²) in [5.41, 5.74) is -0.750. The van der Waals surface area contributed by atoms with Gasteiger partial charge in [-0.15, -0.1) is 0 Å². The van der Waals surface area contributed by atoms with Gasteiger partial charge in [-0.25, -0.2) is 18.4 Å². The number of carboxylic acids is 1. The summed E-state index contributed by atoms with van der Waals surface area (Å²) in [6.45, 7) is 0. The van der Waals surface area contributed by atoms with E-state index < -0.39 is 29.2 Å². The van der Waals surface area contributed by atoms with Crippen molar-refractivity contribution in [3.8, 4) is 0 Å². The Hall–Kier alpha value is -1.83. The molecular weight excluding hydrogens is 302 g/mol. The van der Waals surface area contributed by atoms with Crippen molar-refractivity contribution in [2.45, 2.75) is 12.5 Å². The van der Waals surface area contributed by atoms with E-state index in [1.54, 1.807) is 18.8 Å². The molecule has 1 aromatic carbocycles. The van der Waals surface area contributed by atoms with Gasteiger partial charge in [0.1, 0.15) is 0 Å². The zero-order chi connectivity index (χ0) is 15.6. The van der Waals surface area contributed by atoms with Crippen LogP contribution in [0.25, 0.3) is 0 Å². The number of benzene rings is 1. The molecule has 1 aliphatic heterocycles. The number of carbonyl (C=O) groups is 2. The summed E-state index contributed by atoms with van der Waals surface area (Å²) in [7, 11) is 1.59. The fourth-order valence-electron chi connectivity index (χ4n) is 2.02. The predicted octanol–water partition coefficient (Wildman–Crippen LogP) is 2.63. The molecule has 0 radical (unpaired) electrons. The molecule has 8 heteroatoms. The monoisotopic (exact) mass is 316 g/mol. The number of carbonyl (C=O) groups excluding carboxylic acids is 1. The Morgan fingerprint density at radius 1 is 1.38 bits per heavy atom. The Kier molecular flexibility index (Phi) is 4.66. The minimum atomic E-state index is -1.44. The first kappa shape index (κ1) is 15.6. The topological polar surface area (TPSA) is 69.6 Å². The normalized spacial score (nSPS) is 17.6. The van der Waals surface area contributed by atoms with Gasteiger partial charge >= 0.3 is 12.0 Å². The first-order valence-electron chi connectivity index (χ1n) is 6.24. The van der Waals surface area contributed by atoms with Crippen molar-refractivity contribution in [2.24, 2.45) is 0 Å².